The standard InChI is InChI=1S/C32H33F3N4O2/c1-20-24(23-9-12-29(40)38-30(23)41)17-28-27(36-20)11-10-26(37-28)25-13-16-39(19-31(25)14-3-2-4-15-31)18-21-5-7-22(8-6-21)32(33,34)35/h5-8,10-11,13,17,23H,2-4,9,12,14-16,18-19H2,1H3,(H,38,40,41). The van der Waals surface area contributed by atoms with Crippen molar-refractivity contribution in [3.05, 3.63) is 76.6 Å². The Morgan fingerprint density at radius 1 is 1.00 bits per heavy atom. The van der Waals surface area contributed by atoms with Gasteiger partial charge in [0.1, 0.15) is 0 Å². The molecule has 2 fully saturated rings. The van der Waals surface area contributed by atoms with Crippen molar-refractivity contribution in [3.8, 4) is 0 Å². The minimum Gasteiger partial charge on any atom is -0.296 e. The number of alkyl halides is 3. The van der Waals surface area contributed by atoms with E-state index in [1.807, 2.05) is 25.1 Å². The minimum absolute atomic E-state index is 0.0757. The number of aryl methyl sites for hydroxylation is 1. The topological polar surface area (TPSA) is 75.2 Å². The van der Waals surface area contributed by atoms with Gasteiger partial charge in [-0.2, -0.15) is 13.2 Å². The van der Waals surface area contributed by atoms with E-state index in [4.69, 9.17) is 9.97 Å². The number of carbonyl (C=O) groups excluding carboxylic acids is 2. The van der Waals surface area contributed by atoms with Gasteiger partial charge in [0.25, 0.3) is 0 Å². The number of carbonyl (C=O) groups is 2. The number of piperidine rings is 1. The lowest BCUT2D eigenvalue weighted by molar-refractivity contribution is -0.138. The maximum Gasteiger partial charge on any atom is 0.416 e. The van der Waals surface area contributed by atoms with Gasteiger partial charge >= 0.3 is 6.18 Å². The van der Waals surface area contributed by atoms with Gasteiger partial charge < -0.3 is 0 Å². The zero-order valence-corrected chi connectivity index (χ0v) is 23.1. The van der Waals surface area contributed by atoms with Crippen LogP contribution >= 0.6 is 0 Å². The number of nitrogens with zero attached hydrogens (tertiary/aromatic N) is 3. The molecule has 4 heterocycles. The molecule has 1 saturated heterocycles. The Bertz CT molecular complexity index is 1520. The number of fused-ring (bicyclic) bond motifs is 1. The quantitative estimate of drug-likeness (QED) is 0.377. The maximum absolute atomic E-state index is 13.0. The summed E-state index contributed by atoms with van der Waals surface area (Å²) in [6, 6.07) is 11.5. The Labute approximate surface area is 237 Å². The molecule has 6 nitrogen and oxygen atoms in total. The third kappa shape index (κ3) is 5.52. The molecule has 1 N–H and O–H groups in total. The molecule has 2 aromatic heterocycles. The average Bonchev–Trinajstić information content (AvgIpc) is 2.93. The first kappa shape index (κ1) is 27.6. The third-order valence-electron chi connectivity index (χ3n) is 8.94. The van der Waals surface area contributed by atoms with Gasteiger partial charge in [-0.3, -0.25) is 24.8 Å². The lowest BCUT2D eigenvalue weighted by atomic mass is 9.66. The van der Waals surface area contributed by atoms with Crippen LogP contribution in [0.5, 0.6) is 0 Å². The van der Waals surface area contributed by atoms with E-state index in [-0.39, 0.29) is 17.2 Å². The molecule has 1 aliphatic carbocycles. The summed E-state index contributed by atoms with van der Waals surface area (Å²) in [6.07, 6.45) is 4.19. The van der Waals surface area contributed by atoms with Crippen LogP contribution in [0, 0.1) is 12.3 Å². The summed E-state index contributed by atoms with van der Waals surface area (Å²) < 4.78 is 39.1. The second-order valence-electron chi connectivity index (χ2n) is 11.7. The first-order valence-corrected chi connectivity index (χ1v) is 14.3. The molecule has 1 aromatic carbocycles. The number of imide groups is 1. The zero-order chi connectivity index (χ0) is 28.8. The van der Waals surface area contributed by atoms with Gasteiger partial charge in [0, 0.05) is 37.2 Å². The van der Waals surface area contributed by atoms with Gasteiger partial charge in [-0.05, 0) is 73.2 Å². The van der Waals surface area contributed by atoms with E-state index in [9.17, 15) is 22.8 Å². The van der Waals surface area contributed by atoms with Crippen LogP contribution in [-0.2, 0) is 22.3 Å². The highest BCUT2D eigenvalue weighted by molar-refractivity contribution is 6.01. The molecule has 3 aromatic rings. The Kier molecular flexibility index (Phi) is 7.18. The van der Waals surface area contributed by atoms with E-state index < -0.39 is 17.7 Å². The second kappa shape index (κ2) is 10.7. The number of hydrogen-bond donors (Lipinski definition) is 1. The van der Waals surface area contributed by atoms with Crippen LogP contribution in [-0.4, -0.2) is 39.8 Å². The van der Waals surface area contributed by atoms with Crippen molar-refractivity contribution >= 4 is 28.4 Å². The van der Waals surface area contributed by atoms with Crippen LogP contribution in [0.25, 0.3) is 16.6 Å². The predicted molar refractivity (Wildman–Crippen MR) is 150 cm³/mol. The lowest BCUT2D eigenvalue weighted by Gasteiger charge is -2.46. The fourth-order valence-corrected chi connectivity index (χ4v) is 6.88. The van der Waals surface area contributed by atoms with Crippen molar-refractivity contribution < 1.29 is 22.8 Å². The van der Waals surface area contributed by atoms with E-state index in [1.54, 1.807) is 12.1 Å². The summed E-state index contributed by atoms with van der Waals surface area (Å²) in [4.78, 5) is 36.4. The number of benzene rings is 1. The van der Waals surface area contributed by atoms with Crippen LogP contribution < -0.4 is 5.32 Å². The van der Waals surface area contributed by atoms with Crippen molar-refractivity contribution in [2.24, 2.45) is 5.41 Å². The number of rotatable bonds is 4. The molecule has 0 radical (unpaired) electrons. The van der Waals surface area contributed by atoms with Gasteiger partial charge in [0.2, 0.25) is 11.8 Å². The summed E-state index contributed by atoms with van der Waals surface area (Å²) in [5, 5.41) is 2.45. The smallest absolute Gasteiger partial charge is 0.296 e. The van der Waals surface area contributed by atoms with Crippen LogP contribution in [0.1, 0.15) is 78.9 Å². The molecule has 2 amide bonds. The number of amides is 2. The number of halogens is 3. The van der Waals surface area contributed by atoms with E-state index in [1.165, 1.54) is 12.0 Å². The molecule has 0 bridgehead atoms. The normalized spacial score (nSPS) is 21.7. The summed E-state index contributed by atoms with van der Waals surface area (Å²) in [5.74, 6) is -0.953. The third-order valence-corrected chi connectivity index (χ3v) is 8.94. The van der Waals surface area contributed by atoms with Crippen LogP contribution in [0.15, 0.2) is 48.5 Å². The highest BCUT2D eigenvalue weighted by Crippen LogP contribution is 2.49. The minimum atomic E-state index is -4.34. The SMILES string of the molecule is Cc1nc2ccc(C3=CCN(Cc4ccc(C(F)(F)F)cc4)CC34CCCCC4)nc2cc1C1CCC(=O)NC1=O. The molecule has 1 unspecified atom stereocenters. The molecule has 2 aliphatic heterocycles. The average molecular weight is 563 g/mol. The molecule has 214 valence electrons. The molecule has 1 spiro atoms. The van der Waals surface area contributed by atoms with Crippen LogP contribution in [0.2, 0.25) is 0 Å². The van der Waals surface area contributed by atoms with Crippen molar-refractivity contribution in [1.29, 1.82) is 0 Å². The molecule has 6 rings (SSSR count). The molecule has 1 saturated carbocycles. The van der Waals surface area contributed by atoms with Crippen molar-refractivity contribution in [2.75, 3.05) is 13.1 Å². The molecular weight excluding hydrogens is 529 g/mol. The van der Waals surface area contributed by atoms with Crippen LogP contribution in [0.3, 0.4) is 0 Å². The molecular formula is C32H33F3N4O2. The van der Waals surface area contributed by atoms with Gasteiger partial charge in [0.15, 0.2) is 0 Å². The van der Waals surface area contributed by atoms with Gasteiger partial charge in [-0.1, -0.05) is 37.5 Å². The molecule has 9 heteroatoms. The molecule has 3 aliphatic rings. The fourth-order valence-electron chi connectivity index (χ4n) is 6.88. The van der Waals surface area contributed by atoms with E-state index in [0.717, 1.165) is 77.9 Å². The number of aromatic nitrogens is 2. The summed E-state index contributed by atoms with van der Waals surface area (Å²) in [6.45, 7) is 3.99. The van der Waals surface area contributed by atoms with Crippen molar-refractivity contribution in [3.63, 3.8) is 0 Å². The van der Waals surface area contributed by atoms with Gasteiger partial charge in [-0.25, -0.2) is 4.98 Å². The largest absolute Gasteiger partial charge is 0.416 e. The highest BCUT2D eigenvalue weighted by Gasteiger charge is 2.41. The van der Waals surface area contributed by atoms with E-state index >= 15 is 0 Å². The Morgan fingerprint density at radius 3 is 2.46 bits per heavy atom. The van der Waals surface area contributed by atoms with Crippen molar-refractivity contribution in [1.82, 2.24) is 20.2 Å². The molecule has 41 heavy (non-hydrogen) atoms. The summed E-state index contributed by atoms with van der Waals surface area (Å²) in [7, 11) is 0. The Morgan fingerprint density at radius 2 is 1.76 bits per heavy atom. The monoisotopic (exact) mass is 562 g/mol. The van der Waals surface area contributed by atoms with Gasteiger partial charge in [0.05, 0.1) is 28.2 Å². The zero-order valence-electron chi connectivity index (χ0n) is 23.1. The highest BCUT2D eigenvalue weighted by atomic mass is 19.4. The fraction of sp³-hybridized carbons (Fsp3) is 0.438. The Hall–Kier alpha value is -3.59. The number of pyridine rings is 2. The first-order valence-electron chi connectivity index (χ1n) is 14.3. The molecule has 1 atom stereocenters. The lowest BCUT2D eigenvalue weighted by Crippen LogP contribution is -2.43. The number of nitrogens with one attached hydrogen (secondary N) is 1. The van der Waals surface area contributed by atoms with Crippen molar-refractivity contribution in [2.45, 2.75) is 70.5 Å². The van der Waals surface area contributed by atoms with Gasteiger partial charge in [-0.15, -0.1) is 0 Å². The maximum atomic E-state index is 13.0. The first-order chi connectivity index (χ1) is 19.6. The second-order valence-corrected chi connectivity index (χ2v) is 11.7. The van der Waals surface area contributed by atoms with E-state index in [2.05, 4.69) is 16.3 Å². The summed E-state index contributed by atoms with van der Waals surface area (Å²) in [5.41, 5.74) is 5.37. The number of hydrogen-bond acceptors (Lipinski definition) is 5. The van der Waals surface area contributed by atoms with E-state index in [0.29, 0.717) is 25.9 Å². The predicted octanol–water partition coefficient (Wildman–Crippen LogP) is 6.33. The summed E-state index contributed by atoms with van der Waals surface area (Å²) >= 11 is 0. The Balaban J connectivity index is 1.30. The van der Waals surface area contributed by atoms with Crippen LogP contribution in [0.4, 0.5) is 13.2 Å².